The molecule has 1 aromatic heterocycles. The van der Waals surface area contributed by atoms with Crippen LogP contribution < -0.4 is 5.32 Å². The van der Waals surface area contributed by atoms with Crippen molar-refractivity contribution in [3.8, 4) is 0 Å². The zero-order valence-corrected chi connectivity index (χ0v) is 15.2. The molecule has 0 saturated carbocycles. The van der Waals surface area contributed by atoms with E-state index in [9.17, 15) is 9.59 Å². The van der Waals surface area contributed by atoms with Crippen molar-refractivity contribution >= 4 is 23.3 Å². The number of carbonyl (C=O) groups excluding carboxylic acids is 2. The summed E-state index contributed by atoms with van der Waals surface area (Å²) >= 11 is 1.67. The van der Waals surface area contributed by atoms with Gasteiger partial charge in [-0.25, -0.2) is 4.79 Å². The molecular formula is C16H26N2O3S. The van der Waals surface area contributed by atoms with Crippen LogP contribution in [-0.4, -0.2) is 35.6 Å². The first-order valence-corrected chi connectivity index (χ1v) is 8.15. The lowest BCUT2D eigenvalue weighted by Crippen LogP contribution is -2.47. The lowest BCUT2D eigenvalue weighted by molar-refractivity contribution is -0.133. The molecule has 124 valence electrons. The summed E-state index contributed by atoms with van der Waals surface area (Å²) in [4.78, 5) is 28.1. The highest BCUT2D eigenvalue weighted by atomic mass is 32.1. The van der Waals surface area contributed by atoms with E-state index in [2.05, 4.69) is 5.32 Å². The first-order chi connectivity index (χ1) is 10.0. The Balaban J connectivity index is 2.64. The molecular weight excluding hydrogens is 300 g/mol. The predicted molar refractivity (Wildman–Crippen MR) is 89.1 cm³/mol. The average Bonchev–Trinajstić information content (AvgIpc) is 2.80. The highest BCUT2D eigenvalue weighted by Crippen LogP contribution is 2.26. The molecule has 2 atom stereocenters. The van der Waals surface area contributed by atoms with Gasteiger partial charge >= 0.3 is 6.09 Å². The maximum Gasteiger partial charge on any atom is 0.408 e. The van der Waals surface area contributed by atoms with Crippen LogP contribution in [0, 0.1) is 6.92 Å². The van der Waals surface area contributed by atoms with Crippen molar-refractivity contribution in [1.29, 1.82) is 0 Å². The summed E-state index contributed by atoms with van der Waals surface area (Å²) in [6.07, 6.45) is -0.582. The van der Waals surface area contributed by atoms with Crippen molar-refractivity contribution in [3.05, 3.63) is 21.9 Å². The molecule has 0 aliphatic rings. The van der Waals surface area contributed by atoms with Crippen LogP contribution in [0.1, 0.15) is 50.4 Å². The number of nitrogens with one attached hydrogen (secondary N) is 1. The molecule has 0 aromatic carbocycles. The van der Waals surface area contributed by atoms with E-state index in [-0.39, 0.29) is 11.9 Å². The Hall–Kier alpha value is -1.56. The van der Waals surface area contributed by atoms with Gasteiger partial charge in [0.2, 0.25) is 5.91 Å². The molecule has 1 rings (SSSR count). The Morgan fingerprint density at radius 2 is 1.86 bits per heavy atom. The minimum atomic E-state index is -0.636. The largest absolute Gasteiger partial charge is 0.444 e. The van der Waals surface area contributed by atoms with Gasteiger partial charge in [-0.3, -0.25) is 4.79 Å². The number of nitrogens with zero attached hydrogens (tertiary/aromatic N) is 1. The van der Waals surface area contributed by atoms with Gasteiger partial charge in [0, 0.05) is 16.8 Å². The van der Waals surface area contributed by atoms with Crippen molar-refractivity contribution in [3.63, 3.8) is 0 Å². The van der Waals surface area contributed by atoms with E-state index in [4.69, 9.17) is 4.74 Å². The van der Waals surface area contributed by atoms with Crippen molar-refractivity contribution in [2.75, 3.05) is 7.05 Å². The van der Waals surface area contributed by atoms with Gasteiger partial charge < -0.3 is 15.0 Å². The number of rotatable bonds is 4. The van der Waals surface area contributed by atoms with Crippen molar-refractivity contribution in [2.45, 2.75) is 59.2 Å². The van der Waals surface area contributed by atoms with Crippen molar-refractivity contribution in [1.82, 2.24) is 10.2 Å². The van der Waals surface area contributed by atoms with Gasteiger partial charge in [-0.1, -0.05) is 0 Å². The molecule has 0 saturated heterocycles. The second-order valence-corrected chi connectivity index (χ2v) is 7.76. The number of ether oxygens (including phenoxy) is 1. The summed E-state index contributed by atoms with van der Waals surface area (Å²) in [5.41, 5.74) is -0.583. The molecule has 1 heterocycles. The van der Waals surface area contributed by atoms with Crippen LogP contribution >= 0.6 is 11.3 Å². The third kappa shape index (κ3) is 5.33. The zero-order chi connectivity index (χ0) is 17.1. The fourth-order valence-corrected chi connectivity index (χ4v) is 2.88. The maximum atomic E-state index is 12.4. The van der Waals surface area contributed by atoms with E-state index in [0.717, 1.165) is 4.88 Å². The van der Waals surface area contributed by atoms with Crippen LogP contribution in [0.2, 0.25) is 0 Å². The van der Waals surface area contributed by atoms with Crippen LogP contribution in [0.4, 0.5) is 4.79 Å². The van der Waals surface area contributed by atoms with Crippen LogP contribution in [-0.2, 0) is 9.53 Å². The fraction of sp³-hybridized carbons (Fsp3) is 0.625. The molecule has 2 unspecified atom stereocenters. The molecule has 0 spiro atoms. The number of aryl methyl sites for hydroxylation is 1. The van der Waals surface area contributed by atoms with E-state index >= 15 is 0 Å². The standard InChI is InChI=1S/C16H26N2O3S/c1-10-8-9-13(22-10)12(3)18(7)14(19)11(2)17-15(20)21-16(4,5)6/h8-9,11-12H,1-7H3,(H,17,20). The Bertz CT molecular complexity index is 534. The third-order valence-electron chi connectivity index (χ3n) is 3.21. The first kappa shape index (κ1) is 18.5. The van der Waals surface area contributed by atoms with Crippen LogP contribution in [0.15, 0.2) is 12.1 Å². The van der Waals surface area contributed by atoms with Gasteiger partial charge in [0.15, 0.2) is 0 Å². The summed E-state index contributed by atoms with van der Waals surface area (Å²) in [6, 6.07) is 3.40. The van der Waals surface area contributed by atoms with Gasteiger partial charge in [-0.2, -0.15) is 0 Å². The number of alkyl carbamates (subject to hydrolysis) is 1. The van der Waals surface area contributed by atoms with Crippen LogP contribution in [0.5, 0.6) is 0 Å². The van der Waals surface area contributed by atoms with Gasteiger partial charge in [-0.05, 0) is 53.7 Å². The summed E-state index contributed by atoms with van der Waals surface area (Å²) in [5.74, 6) is -0.149. The lowest BCUT2D eigenvalue weighted by Gasteiger charge is -2.28. The topological polar surface area (TPSA) is 58.6 Å². The molecule has 1 N–H and O–H groups in total. The Morgan fingerprint density at radius 3 is 2.32 bits per heavy atom. The monoisotopic (exact) mass is 326 g/mol. The molecule has 5 nitrogen and oxygen atoms in total. The Morgan fingerprint density at radius 1 is 1.27 bits per heavy atom. The lowest BCUT2D eigenvalue weighted by atomic mass is 10.2. The molecule has 0 fully saturated rings. The minimum absolute atomic E-state index is 0.0333. The Kier molecular flexibility index (Phi) is 6.00. The summed E-state index contributed by atoms with van der Waals surface area (Å²) in [6.45, 7) is 11.0. The van der Waals surface area contributed by atoms with Crippen LogP contribution in [0.3, 0.4) is 0 Å². The summed E-state index contributed by atoms with van der Waals surface area (Å²) in [5, 5.41) is 2.58. The molecule has 6 heteroatoms. The quantitative estimate of drug-likeness (QED) is 0.921. The van der Waals surface area contributed by atoms with E-state index in [0.29, 0.717) is 0 Å². The number of hydrogen-bond acceptors (Lipinski definition) is 4. The molecule has 2 amide bonds. The summed E-state index contributed by atoms with van der Waals surface area (Å²) in [7, 11) is 1.75. The normalized spacial score (nSPS) is 14.1. The number of likely N-dealkylation sites (N-methyl/N-ethyl adjacent to an activating group) is 1. The number of carbonyl (C=O) groups is 2. The molecule has 22 heavy (non-hydrogen) atoms. The second-order valence-electron chi connectivity index (χ2n) is 6.44. The molecule has 0 bridgehead atoms. The number of hydrogen-bond donors (Lipinski definition) is 1. The van der Waals surface area contributed by atoms with Gasteiger partial charge in [0.25, 0.3) is 0 Å². The Labute approximate surface area is 136 Å². The van der Waals surface area contributed by atoms with Crippen molar-refractivity contribution < 1.29 is 14.3 Å². The highest BCUT2D eigenvalue weighted by Gasteiger charge is 2.26. The maximum absolute atomic E-state index is 12.4. The molecule has 0 aliphatic heterocycles. The van der Waals surface area contributed by atoms with Crippen LogP contribution in [0.25, 0.3) is 0 Å². The van der Waals surface area contributed by atoms with E-state index in [1.807, 2.05) is 26.0 Å². The smallest absolute Gasteiger partial charge is 0.408 e. The number of amides is 2. The highest BCUT2D eigenvalue weighted by molar-refractivity contribution is 7.12. The van der Waals surface area contributed by atoms with Crippen molar-refractivity contribution in [2.24, 2.45) is 0 Å². The number of thiophene rings is 1. The molecule has 1 aromatic rings. The fourth-order valence-electron chi connectivity index (χ4n) is 1.91. The van der Waals surface area contributed by atoms with Gasteiger partial charge in [-0.15, -0.1) is 11.3 Å². The third-order valence-corrected chi connectivity index (χ3v) is 4.38. The van der Waals surface area contributed by atoms with Gasteiger partial charge in [0.05, 0.1) is 6.04 Å². The second kappa shape index (κ2) is 7.13. The van der Waals surface area contributed by atoms with Gasteiger partial charge in [0.1, 0.15) is 11.6 Å². The zero-order valence-electron chi connectivity index (χ0n) is 14.4. The first-order valence-electron chi connectivity index (χ1n) is 7.34. The molecule has 0 radical (unpaired) electrons. The van der Waals surface area contributed by atoms with E-state index in [1.165, 1.54) is 4.88 Å². The average molecular weight is 326 g/mol. The summed E-state index contributed by atoms with van der Waals surface area (Å²) < 4.78 is 5.17. The van der Waals surface area contributed by atoms with E-state index in [1.54, 1.807) is 51.0 Å². The van der Waals surface area contributed by atoms with E-state index < -0.39 is 17.7 Å². The SMILES string of the molecule is Cc1ccc(C(C)N(C)C(=O)C(C)NC(=O)OC(C)(C)C)s1. The minimum Gasteiger partial charge on any atom is -0.444 e. The predicted octanol–water partition coefficient (Wildman–Crippen LogP) is 3.49. The molecule has 0 aliphatic carbocycles.